The van der Waals surface area contributed by atoms with Crippen LogP contribution >= 0.6 is 0 Å². The van der Waals surface area contributed by atoms with Gasteiger partial charge in [0.05, 0.1) is 6.04 Å². The average molecular weight is 372 g/mol. The van der Waals surface area contributed by atoms with Gasteiger partial charge in [-0.1, -0.05) is 53.6 Å². The summed E-state index contributed by atoms with van der Waals surface area (Å²) in [6.07, 6.45) is 0.981. The molecule has 1 heterocycles. The summed E-state index contributed by atoms with van der Waals surface area (Å²) in [5.74, 6) is 0.554. The fraction of sp³-hybridized carbons (Fsp3) is 0.320. The van der Waals surface area contributed by atoms with Crippen LogP contribution in [0.5, 0.6) is 0 Å². The first-order valence-electron chi connectivity index (χ1n) is 10.1. The van der Waals surface area contributed by atoms with E-state index in [-0.39, 0.29) is 6.04 Å². The lowest BCUT2D eigenvalue weighted by molar-refractivity contribution is 0.238. The Balaban J connectivity index is 1.65. The third-order valence-electron chi connectivity index (χ3n) is 6.08. The highest BCUT2D eigenvalue weighted by Crippen LogP contribution is 2.34. The lowest BCUT2D eigenvalue weighted by atomic mass is 9.88. The van der Waals surface area contributed by atoms with Gasteiger partial charge in [-0.15, -0.1) is 0 Å². The van der Waals surface area contributed by atoms with E-state index in [1.54, 1.807) is 0 Å². The van der Waals surface area contributed by atoms with Gasteiger partial charge >= 0.3 is 0 Å². The van der Waals surface area contributed by atoms with Crippen LogP contribution in [-0.2, 0) is 6.42 Å². The van der Waals surface area contributed by atoms with Crippen LogP contribution in [0.4, 0.5) is 5.69 Å². The third kappa shape index (κ3) is 3.15. The molecule has 0 saturated heterocycles. The molecule has 1 aliphatic heterocycles. The van der Waals surface area contributed by atoms with Crippen molar-refractivity contribution >= 4 is 22.4 Å². The molecule has 2 unspecified atom stereocenters. The Hall–Kier alpha value is -2.81. The standard InChI is InChI=1S/C25H29N3/c1-16-6-8-20-9-10-23(15-21(20)12-16)27(5)25(26)28-18(3)14-22-13-17(2)7-11-24(22)19(28)4/h6-13,15,18-19,26H,14H2,1-5H3. The zero-order chi connectivity index (χ0) is 20.0. The molecule has 3 aromatic carbocycles. The van der Waals surface area contributed by atoms with Crippen molar-refractivity contribution in [3.63, 3.8) is 0 Å². The molecule has 144 valence electrons. The van der Waals surface area contributed by atoms with E-state index in [0.29, 0.717) is 12.0 Å². The molecule has 2 atom stereocenters. The molecule has 0 aromatic heterocycles. The molecule has 3 nitrogen and oxygen atoms in total. The Labute approximate surface area is 168 Å². The molecule has 0 amide bonds. The SMILES string of the molecule is Cc1ccc2c(c1)CC(C)N(C(=N)N(C)c1ccc3ccc(C)cc3c1)C2C. The van der Waals surface area contributed by atoms with Crippen LogP contribution in [0.1, 0.15) is 42.1 Å². The summed E-state index contributed by atoms with van der Waals surface area (Å²) in [5.41, 5.74) is 6.39. The van der Waals surface area contributed by atoms with E-state index in [1.165, 1.54) is 33.0 Å². The quantitative estimate of drug-likeness (QED) is 0.430. The number of aryl methyl sites for hydroxylation is 2. The largest absolute Gasteiger partial charge is 0.333 e. The van der Waals surface area contributed by atoms with Crippen LogP contribution < -0.4 is 4.90 Å². The van der Waals surface area contributed by atoms with Crippen molar-refractivity contribution < 1.29 is 0 Å². The first-order valence-corrected chi connectivity index (χ1v) is 10.1. The van der Waals surface area contributed by atoms with E-state index in [4.69, 9.17) is 5.41 Å². The summed E-state index contributed by atoms with van der Waals surface area (Å²) in [6, 6.07) is 20.2. The Bertz CT molecular complexity index is 1050. The molecule has 0 radical (unpaired) electrons. The van der Waals surface area contributed by atoms with Gasteiger partial charge in [0, 0.05) is 18.8 Å². The third-order valence-corrected chi connectivity index (χ3v) is 6.08. The molecule has 4 rings (SSSR count). The molecule has 0 bridgehead atoms. The van der Waals surface area contributed by atoms with Crippen molar-refractivity contribution in [2.45, 2.75) is 46.2 Å². The van der Waals surface area contributed by atoms with Crippen LogP contribution in [-0.4, -0.2) is 23.9 Å². The fourth-order valence-electron chi connectivity index (χ4n) is 4.52. The maximum atomic E-state index is 8.97. The second-order valence-electron chi connectivity index (χ2n) is 8.26. The van der Waals surface area contributed by atoms with E-state index in [2.05, 4.69) is 87.2 Å². The molecule has 0 saturated carbocycles. The molecule has 1 aliphatic rings. The summed E-state index contributed by atoms with van der Waals surface area (Å²) in [7, 11) is 2.00. The van der Waals surface area contributed by atoms with E-state index in [0.717, 1.165) is 12.1 Å². The van der Waals surface area contributed by atoms with E-state index in [1.807, 2.05) is 11.9 Å². The van der Waals surface area contributed by atoms with Gasteiger partial charge in [0.2, 0.25) is 0 Å². The molecule has 0 spiro atoms. The summed E-state index contributed by atoms with van der Waals surface area (Å²) < 4.78 is 0. The second kappa shape index (κ2) is 6.97. The van der Waals surface area contributed by atoms with Crippen molar-refractivity contribution in [3.05, 3.63) is 76.9 Å². The van der Waals surface area contributed by atoms with Gasteiger partial charge in [0.1, 0.15) is 0 Å². The molecule has 3 aromatic rings. The molecule has 0 aliphatic carbocycles. The van der Waals surface area contributed by atoms with Gasteiger partial charge in [0.25, 0.3) is 0 Å². The van der Waals surface area contributed by atoms with Gasteiger partial charge in [-0.05, 0) is 68.1 Å². The van der Waals surface area contributed by atoms with Crippen molar-refractivity contribution in [1.29, 1.82) is 5.41 Å². The number of nitrogens with zero attached hydrogens (tertiary/aromatic N) is 2. The van der Waals surface area contributed by atoms with E-state index >= 15 is 0 Å². The highest BCUT2D eigenvalue weighted by Gasteiger charge is 2.32. The minimum Gasteiger partial charge on any atom is -0.333 e. The van der Waals surface area contributed by atoms with Gasteiger partial charge in [-0.25, -0.2) is 0 Å². The maximum absolute atomic E-state index is 8.97. The van der Waals surface area contributed by atoms with Crippen LogP contribution in [0.25, 0.3) is 10.8 Å². The predicted octanol–water partition coefficient (Wildman–Crippen LogP) is 5.84. The smallest absolute Gasteiger partial charge is 0.198 e. The van der Waals surface area contributed by atoms with Crippen LogP contribution in [0, 0.1) is 19.3 Å². The zero-order valence-corrected chi connectivity index (χ0v) is 17.5. The number of nitrogens with one attached hydrogen (secondary N) is 1. The number of benzene rings is 3. The Morgan fingerprint density at radius 2 is 1.61 bits per heavy atom. The summed E-state index contributed by atoms with van der Waals surface area (Å²) in [4.78, 5) is 4.26. The highest BCUT2D eigenvalue weighted by atomic mass is 15.4. The molecular formula is C25H29N3. The molecule has 28 heavy (non-hydrogen) atoms. The number of anilines is 1. The van der Waals surface area contributed by atoms with E-state index < -0.39 is 0 Å². The second-order valence-corrected chi connectivity index (χ2v) is 8.26. The maximum Gasteiger partial charge on any atom is 0.198 e. The minimum absolute atomic E-state index is 0.192. The van der Waals surface area contributed by atoms with Gasteiger partial charge in [-0.3, -0.25) is 5.41 Å². The van der Waals surface area contributed by atoms with Gasteiger partial charge < -0.3 is 9.80 Å². The first kappa shape index (κ1) is 18.5. The highest BCUT2D eigenvalue weighted by molar-refractivity contribution is 5.97. The normalized spacial score (nSPS) is 18.8. The summed E-state index contributed by atoms with van der Waals surface area (Å²) in [6.45, 7) is 8.72. The zero-order valence-electron chi connectivity index (χ0n) is 17.5. The topological polar surface area (TPSA) is 30.3 Å². The number of guanidine groups is 1. The van der Waals surface area contributed by atoms with Crippen molar-refractivity contribution in [2.24, 2.45) is 0 Å². The average Bonchev–Trinajstić information content (AvgIpc) is 2.66. The first-order chi connectivity index (χ1) is 13.3. The minimum atomic E-state index is 0.192. The lowest BCUT2D eigenvalue weighted by Gasteiger charge is -2.44. The number of hydrogen-bond donors (Lipinski definition) is 1. The van der Waals surface area contributed by atoms with Crippen molar-refractivity contribution in [3.8, 4) is 0 Å². The predicted molar refractivity (Wildman–Crippen MR) is 119 cm³/mol. The fourth-order valence-corrected chi connectivity index (χ4v) is 4.52. The monoisotopic (exact) mass is 371 g/mol. The Morgan fingerprint density at radius 3 is 2.39 bits per heavy atom. The number of fused-ring (bicyclic) bond motifs is 2. The Kier molecular flexibility index (Phi) is 4.62. The van der Waals surface area contributed by atoms with Crippen molar-refractivity contribution in [1.82, 2.24) is 4.90 Å². The van der Waals surface area contributed by atoms with Crippen LogP contribution in [0.15, 0.2) is 54.6 Å². The molecule has 1 N–H and O–H groups in total. The summed E-state index contributed by atoms with van der Waals surface area (Å²) >= 11 is 0. The molecular weight excluding hydrogens is 342 g/mol. The van der Waals surface area contributed by atoms with E-state index in [9.17, 15) is 0 Å². The number of hydrogen-bond acceptors (Lipinski definition) is 1. The van der Waals surface area contributed by atoms with Crippen LogP contribution in [0.3, 0.4) is 0 Å². The lowest BCUT2D eigenvalue weighted by Crippen LogP contribution is -2.50. The van der Waals surface area contributed by atoms with Crippen LogP contribution in [0.2, 0.25) is 0 Å². The molecule has 0 fully saturated rings. The van der Waals surface area contributed by atoms with Crippen molar-refractivity contribution in [2.75, 3.05) is 11.9 Å². The number of rotatable bonds is 1. The molecule has 3 heteroatoms. The Morgan fingerprint density at radius 1 is 0.929 bits per heavy atom. The van der Waals surface area contributed by atoms with Gasteiger partial charge in [-0.2, -0.15) is 0 Å². The summed E-state index contributed by atoms with van der Waals surface area (Å²) in [5, 5.41) is 11.4. The van der Waals surface area contributed by atoms with Gasteiger partial charge in [0.15, 0.2) is 5.96 Å².